The van der Waals surface area contributed by atoms with Crippen molar-refractivity contribution in [3.05, 3.63) is 41.7 Å². The summed E-state index contributed by atoms with van der Waals surface area (Å²) >= 11 is 0. The van der Waals surface area contributed by atoms with Crippen LogP contribution >= 0.6 is 0 Å². The van der Waals surface area contributed by atoms with Crippen molar-refractivity contribution < 1.29 is 18.4 Å². The van der Waals surface area contributed by atoms with E-state index in [1.54, 1.807) is 0 Å². The molecule has 1 aromatic rings. The molecule has 9 heteroatoms. The molecular formula is C27H33F2N5O2. The number of halogens is 2. The minimum Gasteiger partial charge on any atom is -0.341 e. The van der Waals surface area contributed by atoms with Crippen LogP contribution in [0.15, 0.2) is 36.2 Å². The van der Waals surface area contributed by atoms with E-state index in [1.165, 1.54) is 43.4 Å². The summed E-state index contributed by atoms with van der Waals surface area (Å²) < 4.78 is 29.9. The van der Waals surface area contributed by atoms with Gasteiger partial charge in [-0.05, 0) is 87.6 Å². The Kier molecular flexibility index (Phi) is 6.58. The minimum atomic E-state index is -3.23. The maximum atomic E-state index is 14.9. The van der Waals surface area contributed by atoms with E-state index in [2.05, 4.69) is 20.5 Å². The molecule has 3 saturated carbocycles. The summed E-state index contributed by atoms with van der Waals surface area (Å²) in [6.45, 7) is 2.22. The van der Waals surface area contributed by atoms with Gasteiger partial charge in [-0.1, -0.05) is 5.57 Å². The highest BCUT2D eigenvalue weighted by molar-refractivity contribution is 5.94. The number of amides is 2. The third-order valence-corrected chi connectivity index (χ3v) is 8.14. The monoisotopic (exact) mass is 497 g/mol. The average molecular weight is 498 g/mol. The minimum absolute atomic E-state index is 0.261. The Labute approximate surface area is 210 Å². The number of hydrogen-bond donors (Lipinski definition) is 2. The molecule has 1 atom stereocenters. The predicted molar refractivity (Wildman–Crippen MR) is 129 cm³/mol. The van der Waals surface area contributed by atoms with Gasteiger partial charge in [-0.2, -0.15) is 5.26 Å². The van der Waals surface area contributed by atoms with E-state index in [0.717, 1.165) is 50.4 Å². The van der Waals surface area contributed by atoms with Crippen LogP contribution in [0, 0.1) is 16.7 Å². The number of rotatable bonds is 9. The van der Waals surface area contributed by atoms with Crippen molar-refractivity contribution in [2.24, 2.45) is 5.41 Å². The maximum absolute atomic E-state index is 14.9. The van der Waals surface area contributed by atoms with Crippen molar-refractivity contribution in [1.82, 2.24) is 20.5 Å². The normalized spacial score (nSPS) is 23.2. The van der Waals surface area contributed by atoms with E-state index >= 15 is 0 Å². The van der Waals surface area contributed by atoms with E-state index in [-0.39, 0.29) is 5.41 Å². The largest absolute Gasteiger partial charge is 0.341 e. The van der Waals surface area contributed by atoms with Crippen molar-refractivity contribution in [2.75, 3.05) is 13.1 Å². The molecule has 4 aliphatic rings. The van der Waals surface area contributed by atoms with E-state index in [0.29, 0.717) is 18.4 Å². The van der Waals surface area contributed by atoms with E-state index in [4.69, 9.17) is 0 Å². The van der Waals surface area contributed by atoms with Crippen LogP contribution in [0.5, 0.6) is 0 Å². The molecule has 2 N–H and O–H groups in total. The quantitative estimate of drug-likeness (QED) is 0.511. The highest BCUT2D eigenvalue weighted by atomic mass is 19.3. The standard InChI is InChI=1S/C27H33F2N5O2/c28-27(29,16-19-3-9-31-10-4-19)17-22(24(36)33-26(18-30)5-6-26)32-23(35)13-20-14-25(15-20)7-11-34(12-8-25)21-1-2-21/h3-4,9-10,13,21-22H,1-2,5-8,11-12,14-17H2,(H,32,35)(H,33,36). The smallest absolute Gasteiger partial charge is 0.254 e. The number of pyridine rings is 1. The van der Waals surface area contributed by atoms with Crippen LogP contribution < -0.4 is 10.6 Å². The average Bonchev–Trinajstić information content (AvgIpc) is 3.74. The van der Waals surface area contributed by atoms with Gasteiger partial charge < -0.3 is 15.5 Å². The van der Waals surface area contributed by atoms with Gasteiger partial charge in [-0.15, -0.1) is 0 Å². The zero-order valence-electron chi connectivity index (χ0n) is 20.4. The van der Waals surface area contributed by atoms with Gasteiger partial charge in [0.05, 0.1) is 6.07 Å². The van der Waals surface area contributed by atoms with Gasteiger partial charge in [0, 0.05) is 37.4 Å². The van der Waals surface area contributed by atoms with Gasteiger partial charge in [0.1, 0.15) is 11.6 Å². The molecule has 7 nitrogen and oxygen atoms in total. The molecule has 2 heterocycles. The molecule has 1 aliphatic heterocycles. The summed E-state index contributed by atoms with van der Waals surface area (Å²) in [5, 5.41) is 14.4. The fourth-order valence-electron chi connectivity index (χ4n) is 5.66. The van der Waals surface area contributed by atoms with Crippen LogP contribution in [0.4, 0.5) is 8.78 Å². The van der Waals surface area contributed by atoms with Crippen molar-refractivity contribution >= 4 is 11.8 Å². The van der Waals surface area contributed by atoms with Crippen molar-refractivity contribution in [2.45, 2.75) is 87.8 Å². The molecule has 192 valence electrons. The SMILES string of the molecule is N#CC1(NC(=O)C(CC(F)(F)Cc2ccncc2)NC(=O)C=C2CC3(CCN(C4CC4)CC3)C2)CC1. The molecule has 1 saturated heterocycles. The lowest BCUT2D eigenvalue weighted by Crippen LogP contribution is -2.52. The number of aromatic nitrogens is 1. The third-order valence-electron chi connectivity index (χ3n) is 8.14. The molecule has 2 amide bonds. The van der Waals surface area contributed by atoms with Crippen molar-refractivity contribution in [3.8, 4) is 6.07 Å². The summed E-state index contributed by atoms with van der Waals surface area (Å²) in [6.07, 6.45) is 10.5. The molecule has 1 spiro atoms. The molecular weight excluding hydrogens is 464 g/mol. The zero-order valence-corrected chi connectivity index (χ0v) is 20.4. The Morgan fingerprint density at radius 1 is 1.19 bits per heavy atom. The van der Waals surface area contributed by atoms with Crippen molar-refractivity contribution in [1.29, 1.82) is 5.26 Å². The summed E-state index contributed by atoms with van der Waals surface area (Å²) in [6, 6.07) is 4.38. The number of allylic oxidation sites excluding steroid dienone is 1. The first kappa shape index (κ1) is 24.8. The molecule has 4 fully saturated rings. The fraction of sp³-hybridized carbons (Fsp3) is 0.630. The molecule has 0 radical (unpaired) electrons. The van der Waals surface area contributed by atoms with Crippen LogP contribution in [0.3, 0.4) is 0 Å². The van der Waals surface area contributed by atoms with Gasteiger partial charge >= 0.3 is 0 Å². The summed E-state index contributed by atoms with van der Waals surface area (Å²) in [5.41, 5.74) is 0.655. The summed E-state index contributed by atoms with van der Waals surface area (Å²) in [4.78, 5) is 32.1. The first-order chi connectivity index (χ1) is 17.2. The highest BCUT2D eigenvalue weighted by Crippen LogP contribution is 2.53. The lowest BCUT2D eigenvalue weighted by atomic mass is 9.60. The van der Waals surface area contributed by atoms with Gasteiger partial charge in [0.2, 0.25) is 11.8 Å². The van der Waals surface area contributed by atoms with Gasteiger partial charge in [0.15, 0.2) is 0 Å². The van der Waals surface area contributed by atoms with Crippen molar-refractivity contribution in [3.63, 3.8) is 0 Å². The Morgan fingerprint density at radius 2 is 1.86 bits per heavy atom. The van der Waals surface area contributed by atoms with Gasteiger partial charge in [0.25, 0.3) is 5.92 Å². The molecule has 0 aromatic carbocycles. The number of hydrogen-bond acceptors (Lipinski definition) is 5. The Hall–Kier alpha value is -2.86. The van der Waals surface area contributed by atoms with E-state index in [9.17, 15) is 23.6 Å². The Morgan fingerprint density at radius 3 is 2.44 bits per heavy atom. The first-order valence-corrected chi connectivity index (χ1v) is 12.9. The first-order valence-electron chi connectivity index (χ1n) is 12.9. The van der Waals surface area contributed by atoms with Crippen LogP contribution in [-0.4, -0.2) is 58.3 Å². The second kappa shape index (κ2) is 9.55. The van der Waals surface area contributed by atoms with E-state index < -0.39 is 42.2 Å². The molecule has 3 aliphatic carbocycles. The Balaban J connectivity index is 1.20. The molecule has 36 heavy (non-hydrogen) atoms. The molecule has 1 unspecified atom stereocenters. The zero-order chi connectivity index (χ0) is 25.4. The van der Waals surface area contributed by atoms with E-state index in [1.807, 2.05) is 6.07 Å². The highest BCUT2D eigenvalue weighted by Gasteiger charge is 2.48. The number of piperidine rings is 1. The molecule has 0 bridgehead atoms. The number of carbonyl (C=O) groups is 2. The number of likely N-dealkylation sites (tertiary alicyclic amines) is 1. The summed E-state index contributed by atoms with van der Waals surface area (Å²) in [5.74, 6) is -4.51. The van der Waals surface area contributed by atoms with Crippen LogP contribution in [0.2, 0.25) is 0 Å². The fourth-order valence-corrected chi connectivity index (χ4v) is 5.66. The maximum Gasteiger partial charge on any atom is 0.254 e. The van der Waals surface area contributed by atoms with Crippen LogP contribution in [0.25, 0.3) is 0 Å². The summed E-state index contributed by atoms with van der Waals surface area (Å²) in [7, 11) is 0. The van der Waals surface area contributed by atoms with Crippen LogP contribution in [0.1, 0.15) is 63.4 Å². The number of carbonyl (C=O) groups excluding carboxylic acids is 2. The predicted octanol–water partition coefficient (Wildman–Crippen LogP) is 3.27. The Bertz CT molecular complexity index is 1060. The third kappa shape index (κ3) is 5.92. The van der Waals surface area contributed by atoms with Gasteiger partial charge in [-0.25, -0.2) is 8.78 Å². The topological polar surface area (TPSA) is 98.1 Å². The molecule has 5 rings (SSSR count). The second-order valence-corrected chi connectivity index (χ2v) is 11.3. The lowest BCUT2D eigenvalue weighted by Gasteiger charge is -2.49. The number of nitriles is 1. The molecule has 1 aromatic heterocycles. The lowest BCUT2D eigenvalue weighted by molar-refractivity contribution is -0.130. The number of nitrogens with zero attached hydrogens (tertiary/aromatic N) is 3. The number of nitrogens with one attached hydrogen (secondary N) is 2. The number of alkyl halides is 2. The second-order valence-electron chi connectivity index (χ2n) is 11.3. The van der Waals surface area contributed by atoms with Gasteiger partial charge in [-0.3, -0.25) is 14.6 Å². The van der Waals surface area contributed by atoms with Crippen LogP contribution in [-0.2, 0) is 16.0 Å².